The van der Waals surface area contributed by atoms with Gasteiger partial charge in [0, 0.05) is 45.2 Å². The second-order valence-electron chi connectivity index (χ2n) is 8.55. The third-order valence-electron chi connectivity index (χ3n) is 6.62. The van der Waals surface area contributed by atoms with Gasteiger partial charge in [-0.3, -0.25) is 14.7 Å². The Bertz CT molecular complexity index is 716. The van der Waals surface area contributed by atoms with E-state index in [-0.39, 0.29) is 35.9 Å². The predicted octanol–water partition coefficient (Wildman–Crippen LogP) is 3.60. The topological polar surface area (TPSA) is 60.0 Å². The third-order valence-corrected chi connectivity index (χ3v) is 6.62. The standard InChI is InChI=1S/C24H39N5O.HI/c1-4-28(5-2)17-21-13-9-8-12-20(21)16-26-24(25-3)27-22-14-15-29(18-22)23(30)19-10-6-7-11-19;/h8-9,12-13,19,22H,4-7,10-11,14-18H2,1-3H3,(H2,25,26,27);1H. The molecule has 6 nitrogen and oxygen atoms in total. The maximum absolute atomic E-state index is 12.7. The minimum atomic E-state index is 0. The summed E-state index contributed by atoms with van der Waals surface area (Å²) in [4.78, 5) is 21.6. The first kappa shape index (κ1) is 25.9. The fraction of sp³-hybridized carbons (Fsp3) is 0.667. The van der Waals surface area contributed by atoms with Crippen molar-refractivity contribution in [3.05, 3.63) is 35.4 Å². The van der Waals surface area contributed by atoms with Gasteiger partial charge < -0.3 is 15.5 Å². The Balaban J connectivity index is 0.00000341. The summed E-state index contributed by atoms with van der Waals surface area (Å²) >= 11 is 0. The molecule has 2 aliphatic rings. The minimum absolute atomic E-state index is 0. The molecule has 0 radical (unpaired) electrons. The molecule has 1 heterocycles. The number of benzene rings is 1. The van der Waals surface area contributed by atoms with Gasteiger partial charge in [0.1, 0.15) is 0 Å². The van der Waals surface area contributed by atoms with Crippen molar-refractivity contribution in [1.82, 2.24) is 20.4 Å². The predicted molar refractivity (Wildman–Crippen MR) is 139 cm³/mol. The fourth-order valence-electron chi connectivity index (χ4n) is 4.65. The number of carbonyl (C=O) groups excluding carboxylic acids is 1. The number of likely N-dealkylation sites (tertiary alicyclic amines) is 1. The highest BCUT2D eigenvalue weighted by Crippen LogP contribution is 2.27. The van der Waals surface area contributed by atoms with Crippen LogP contribution in [0.15, 0.2) is 29.3 Å². The molecule has 1 aliphatic carbocycles. The van der Waals surface area contributed by atoms with Crippen molar-refractivity contribution >= 4 is 35.8 Å². The molecule has 1 aromatic rings. The second-order valence-corrected chi connectivity index (χ2v) is 8.55. The largest absolute Gasteiger partial charge is 0.352 e. The van der Waals surface area contributed by atoms with Crippen molar-refractivity contribution in [3.8, 4) is 0 Å². The van der Waals surface area contributed by atoms with E-state index in [1.54, 1.807) is 0 Å². The van der Waals surface area contributed by atoms with Crippen LogP contribution in [0.1, 0.15) is 57.1 Å². The highest BCUT2D eigenvalue weighted by atomic mass is 127. The molecular weight excluding hydrogens is 501 g/mol. The molecule has 0 bridgehead atoms. The van der Waals surface area contributed by atoms with Gasteiger partial charge in [0.15, 0.2) is 5.96 Å². The van der Waals surface area contributed by atoms with E-state index in [9.17, 15) is 4.79 Å². The molecule has 2 N–H and O–H groups in total. The summed E-state index contributed by atoms with van der Waals surface area (Å²) in [6.07, 6.45) is 5.54. The Morgan fingerprint density at radius 3 is 2.45 bits per heavy atom. The number of nitrogens with one attached hydrogen (secondary N) is 2. The molecule has 1 unspecified atom stereocenters. The Morgan fingerprint density at radius 2 is 1.81 bits per heavy atom. The normalized spacial score (nSPS) is 19.5. The first-order chi connectivity index (χ1) is 14.6. The average molecular weight is 542 g/mol. The van der Waals surface area contributed by atoms with Crippen LogP contribution in [0.25, 0.3) is 0 Å². The van der Waals surface area contributed by atoms with Crippen LogP contribution in [0.4, 0.5) is 0 Å². The van der Waals surface area contributed by atoms with Crippen molar-refractivity contribution in [2.45, 2.75) is 65.1 Å². The molecule has 1 aliphatic heterocycles. The Labute approximate surface area is 205 Å². The average Bonchev–Trinajstić information content (AvgIpc) is 3.47. The van der Waals surface area contributed by atoms with Gasteiger partial charge in [-0.25, -0.2) is 0 Å². The van der Waals surface area contributed by atoms with Crippen LogP contribution in [0.3, 0.4) is 0 Å². The summed E-state index contributed by atoms with van der Waals surface area (Å²) in [5, 5.41) is 7.01. The number of nitrogens with zero attached hydrogens (tertiary/aromatic N) is 3. The summed E-state index contributed by atoms with van der Waals surface area (Å²) in [5.74, 6) is 1.45. The highest BCUT2D eigenvalue weighted by Gasteiger charge is 2.32. The number of rotatable bonds is 8. The summed E-state index contributed by atoms with van der Waals surface area (Å²) in [6.45, 7) is 9.88. The number of aliphatic imine (C=N–C) groups is 1. The molecule has 7 heteroatoms. The van der Waals surface area contributed by atoms with Crippen LogP contribution in [-0.2, 0) is 17.9 Å². The quantitative estimate of drug-likeness (QED) is 0.300. The van der Waals surface area contributed by atoms with Gasteiger partial charge in [-0.05, 0) is 43.5 Å². The van der Waals surface area contributed by atoms with Gasteiger partial charge >= 0.3 is 0 Å². The lowest BCUT2D eigenvalue weighted by atomic mass is 10.1. The lowest BCUT2D eigenvalue weighted by Crippen LogP contribution is -2.45. The summed E-state index contributed by atoms with van der Waals surface area (Å²) in [7, 11) is 1.81. The van der Waals surface area contributed by atoms with Crippen molar-refractivity contribution in [2.24, 2.45) is 10.9 Å². The van der Waals surface area contributed by atoms with E-state index in [0.29, 0.717) is 5.91 Å². The lowest BCUT2D eigenvalue weighted by Gasteiger charge is -2.22. The third kappa shape index (κ3) is 7.34. The van der Waals surface area contributed by atoms with E-state index in [1.807, 2.05) is 7.05 Å². The molecule has 1 saturated carbocycles. The summed E-state index contributed by atoms with van der Waals surface area (Å²) in [6, 6.07) is 8.89. The number of amides is 1. The Hall–Kier alpha value is -1.35. The van der Waals surface area contributed by atoms with E-state index < -0.39 is 0 Å². The molecular formula is C24H40IN5O. The number of hydrogen-bond donors (Lipinski definition) is 2. The Morgan fingerprint density at radius 1 is 1.13 bits per heavy atom. The molecule has 31 heavy (non-hydrogen) atoms. The molecule has 174 valence electrons. The molecule has 0 aromatic heterocycles. The molecule has 1 atom stereocenters. The van der Waals surface area contributed by atoms with Gasteiger partial charge in [-0.15, -0.1) is 24.0 Å². The van der Waals surface area contributed by atoms with Crippen LogP contribution >= 0.6 is 24.0 Å². The number of hydrogen-bond acceptors (Lipinski definition) is 3. The van der Waals surface area contributed by atoms with Crippen molar-refractivity contribution in [2.75, 3.05) is 33.2 Å². The van der Waals surface area contributed by atoms with Gasteiger partial charge in [-0.2, -0.15) is 0 Å². The van der Waals surface area contributed by atoms with Gasteiger partial charge in [0.05, 0.1) is 0 Å². The van der Waals surface area contributed by atoms with Gasteiger partial charge in [0.25, 0.3) is 0 Å². The SMILES string of the molecule is CCN(CC)Cc1ccccc1CNC(=NC)NC1CCN(C(=O)C2CCCC2)C1.I. The minimum Gasteiger partial charge on any atom is -0.352 e. The van der Waals surface area contributed by atoms with E-state index in [1.165, 1.54) is 24.0 Å². The number of guanidine groups is 1. The maximum Gasteiger partial charge on any atom is 0.225 e. The molecule has 3 rings (SSSR count). The molecule has 2 fully saturated rings. The van der Waals surface area contributed by atoms with E-state index in [0.717, 1.165) is 64.5 Å². The smallest absolute Gasteiger partial charge is 0.225 e. The first-order valence-corrected chi connectivity index (χ1v) is 11.7. The second kappa shape index (κ2) is 13.3. The van der Waals surface area contributed by atoms with Crippen LogP contribution in [-0.4, -0.2) is 60.9 Å². The van der Waals surface area contributed by atoms with Crippen molar-refractivity contribution < 1.29 is 4.79 Å². The van der Waals surface area contributed by atoms with Crippen LogP contribution in [0.2, 0.25) is 0 Å². The fourth-order valence-corrected chi connectivity index (χ4v) is 4.65. The zero-order valence-electron chi connectivity index (χ0n) is 19.4. The Kier molecular flexibility index (Phi) is 11.1. The van der Waals surface area contributed by atoms with Gasteiger partial charge in [0.2, 0.25) is 5.91 Å². The molecule has 1 aromatic carbocycles. The first-order valence-electron chi connectivity index (χ1n) is 11.7. The lowest BCUT2D eigenvalue weighted by molar-refractivity contribution is -0.134. The monoisotopic (exact) mass is 541 g/mol. The van der Waals surface area contributed by atoms with Crippen molar-refractivity contribution in [1.29, 1.82) is 0 Å². The molecule has 1 amide bonds. The number of halogens is 1. The highest BCUT2D eigenvalue weighted by molar-refractivity contribution is 14.0. The summed E-state index contributed by atoms with van der Waals surface area (Å²) in [5.41, 5.74) is 2.66. The van der Waals surface area contributed by atoms with E-state index >= 15 is 0 Å². The summed E-state index contributed by atoms with van der Waals surface area (Å²) < 4.78 is 0. The van der Waals surface area contributed by atoms with E-state index in [4.69, 9.17) is 0 Å². The van der Waals surface area contributed by atoms with Crippen molar-refractivity contribution in [3.63, 3.8) is 0 Å². The van der Waals surface area contributed by atoms with E-state index in [2.05, 4.69) is 63.5 Å². The van der Waals surface area contributed by atoms with Crippen LogP contribution < -0.4 is 10.6 Å². The molecule has 1 saturated heterocycles. The van der Waals surface area contributed by atoms with Gasteiger partial charge in [-0.1, -0.05) is 51.0 Å². The zero-order valence-corrected chi connectivity index (χ0v) is 21.7. The van der Waals surface area contributed by atoms with Crippen LogP contribution in [0.5, 0.6) is 0 Å². The van der Waals surface area contributed by atoms with Crippen LogP contribution in [0, 0.1) is 5.92 Å². The molecule has 0 spiro atoms. The maximum atomic E-state index is 12.7. The zero-order chi connectivity index (χ0) is 21.3. The number of carbonyl (C=O) groups is 1.